The second-order valence-electron chi connectivity index (χ2n) is 8.03. The fraction of sp³-hybridized carbons (Fsp3) is 0.650. The molecule has 30 heavy (non-hydrogen) atoms. The monoisotopic (exact) mass is 535 g/mol. The van der Waals surface area contributed by atoms with Crippen LogP contribution in [-0.2, 0) is 4.74 Å². The van der Waals surface area contributed by atoms with Crippen LogP contribution in [0.25, 0.3) is 0 Å². The molecule has 0 spiro atoms. The Bertz CT molecular complexity index is 723. The lowest BCUT2D eigenvalue weighted by Crippen LogP contribution is -2.63. The zero-order valence-electron chi connectivity index (χ0n) is 18.4. The maximum Gasteiger partial charge on any atom is 0.410 e. The molecule has 0 saturated carbocycles. The molecule has 1 saturated heterocycles. The predicted octanol–water partition coefficient (Wildman–Crippen LogP) is 2.50. The number of nitrogens with zero attached hydrogens (tertiary/aromatic N) is 2. The third-order valence-corrected chi connectivity index (χ3v) is 4.18. The van der Waals surface area contributed by atoms with Crippen molar-refractivity contribution in [3.8, 4) is 0 Å². The van der Waals surface area contributed by atoms with Crippen molar-refractivity contribution in [3.05, 3.63) is 23.7 Å². The van der Waals surface area contributed by atoms with E-state index in [0.717, 1.165) is 12.1 Å². The van der Waals surface area contributed by atoms with Gasteiger partial charge in [0.1, 0.15) is 5.60 Å². The van der Waals surface area contributed by atoms with Gasteiger partial charge in [0, 0.05) is 38.3 Å². The number of ether oxygens (including phenoxy) is 1. The average Bonchev–Trinajstić information content (AvgIpc) is 3.01. The van der Waals surface area contributed by atoms with Crippen LogP contribution in [0.3, 0.4) is 0 Å². The molecule has 9 nitrogen and oxygen atoms in total. The number of aliphatic imine (C=N–C) groups is 1. The molecule has 0 unspecified atom stereocenters. The third kappa shape index (κ3) is 8.41. The van der Waals surface area contributed by atoms with Gasteiger partial charge in [-0.25, -0.2) is 4.79 Å². The van der Waals surface area contributed by atoms with Crippen molar-refractivity contribution in [1.82, 2.24) is 20.9 Å². The molecule has 1 aliphatic rings. The van der Waals surface area contributed by atoms with Crippen molar-refractivity contribution >= 4 is 41.9 Å². The number of likely N-dealkylation sites (tertiary alicyclic amines) is 1. The van der Waals surface area contributed by atoms with Crippen molar-refractivity contribution in [2.24, 2.45) is 4.99 Å². The van der Waals surface area contributed by atoms with Gasteiger partial charge < -0.3 is 30.0 Å². The molecule has 1 fully saturated rings. The maximum atomic E-state index is 12.0. The van der Waals surface area contributed by atoms with Gasteiger partial charge in [-0.1, -0.05) is 0 Å². The van der Waals surface area contributed by atoms with Crippen LogP contribution in [-0.4, -0.2) is 67.2 Å². The van der Waals surface area contributed by atoms with Crippen LogP contribution in [0.5, 0.6) is 0 Å². The van der Waals surface area contributed by atoms with E-state index in [2.05, 4.69) is 20.9 Å². The number of halogens is 1. The number of aryl methyl sites for hydroxylation is 1. The van der Waals surface area contributed by atoms with Crippen LogP contribution in [0.2, 0.25) is 0 Å². The number of nitrogens with one attached hydrogen (secondary N) is 3. The predicted molar refractivity (Wildman–Crippen MR) is 127 cm³/mol. The van der Waals surface area contributed by atoms with Crippen LogP contribution in [0, 0.1) is 6.92 Å². The minimum Gasteiger partial charge on any atom is -0.459 e. The van der Waals surface area contributed by atoms with Gasteiger partial charge in [-0.15, -0.1) is 24.0 Å². The topological polar surface area (TPSA) is 108 Å². The second-order valence-corrected chi connectivity index (χ2v) is 8.03. The Balaban J connectivity index is 0.00000450. The molecule has 1 aromatic heterocycles. The smallest absolute Gasteiger partial charge is 0.410 e. The van der Waals surface area contributed by atoms with Crippen LogP contribution < -0.4 is 16.0 Å². The Kier molecular flexibility index (Phi) is 10.4. The van der Waals surface area contributed by atoms with E-state index in [9.17, 15) is 9.59 Å². The average molecular weight is 535 g/mol. The van der Waals surface area contributed by atoms with E-state index in [1.807, 2.05) is 34.6 Å². The van der Waals surface area contributed by atoms with Gasteiger partial charge in [-0.3, -0.25) is 9.79 Å². The lowest BCUT2D eigenvalue weighted by atomic mass is 10.1. The summed E-state index contributed by atoms with van der Waals surface area (Å²) in [5.41, 5.74) is 0.330. The summed E-state index contributed by atoms with van der Waals surface area (Å²) >= 11 is 0. The molecule has 2 heterocycles. The number of carbonyl (C=O) groups is 2. The van der Waals surface area contributed by atoms with Gasteiger partial charge in [0.25, 0.3) is 5.91 Å². The number of guanidine groups is 1. The van der Waals surface area contributed by atoms with E-state index in [1.165, 1.54) is 6.26 Å². The Morgan fingerprint density at radius 1 is 1.30 bits per heavy atom. The Morgan fingerprint density at radius 3 is 2.57 bits per heavy atom. The molecule has 2 rings (SSSR count). The SMILES string of the molecule is CCNC(=NCCCNC(=O)c1occc1C)NC1CN(C(=O)OC(C)(C)C)C1.I. The number of amides is 2. The Morgan fingerprint density at radius 2 is 2.00 bits per heavy atom. The minimum absolute atomic E-state index is 0. The van der Waals surface area contributed by atoms with E-state index in [-0.39, 0.29) is 42.0 Å². The summed E-state index contributed by atoms with van der Waals surface area (Å²) in [4.78, 5) is 30.2. The Hall–Kier alpha value is -1.98. The second kappa shape index (κ2) is 12.0. The fourth-order valence-corrected chi connectivity index (χ4v) is 2.72. The first-order valence-electron chi connectivity index (χ1n) is 10.0. The quantitative estimate of drug-likeness (QED) is 0.214. The molecule has 0 aromatic carbocycles. The third-order valence-electron chi connectivity index (χ3n) is 4.18. The summed E-state index contributed by atoms with van der Waals surface area (Å²) in [6, 6.07) is 1.90. The molecule has 1 aromatic rings. The summed E-state index contributed by atoms with van der Waals surface area (Å²) in [6.45, 7) is 12.4. The molecule has 0 aliphatic carbocycles. The fourth-order valence-electron chi connectivity index (χ4n) is 2.72. The number of hydrogen-bond donors (Lipinski definition) is 3. The van der Waals surface area contributed by atoms with Gasteiger partial charge in [0.05, 0.1) is 12.3 Å². The highest BCUT2D eigenvalue weighted by Crippen LogP contribution is 2.15. The van der Waals surface area contributed by atoms with Crippen LogP contribution in [0.4, 0.5) is 4.79 Å². The minimum atomic E-state index is -0.489. The van der Waals surface area contributed by atoms with Gasteiger partial charge in [0.2, 0.25) is 0 Å². The largest absolute Gasteiger partial charge is 0.459 e. The van der Waals surface area contributed by atoms with Crippen LogP contribution in [0.15, 0.2) is 21.7 Å². The highest BCUT2D eigenvalue weighted by atomic mass is 127. The van der Waals surface area contributed by atoms with Crippen molar-refractivity contribution in [2.75, 3.05) is 32.7 Å². The van der Waals surface area contributed by atoms with Crippen molar-refractivity contribution < 1.29 is 18.7 Å². The zero-order valence-corrected chi connectivity index (χ0v) is 20.7. The summed E-state index contributed by atoms with van der Waals surface area (Å²) in [6.07, 6.45) is 1.92. The Labute approximate surface area is 195 Å². The lowest BCUT2D eigenvalue weighted by Gasteiger charge is -2.40. The van der Waals surface area contributed by atoms with Gasteiger partial charge in [-0.05, 0) is 47.1 Å². The van der Waals surface area contributed by atoms with Gasteiger partial charge >= 0.3 is 6.09 Å². The molecule has 0 radical (unpaired) electrons. The summed E-state index contributed by atoms with van der Waals surface area (Å²) in [5, 5.41) is 9.34. The number of furan rings is 1. The molecule has 0 atom stereocenters. The molecule has 1 aliphatic heterocycles. The number of hydrogen-bond acceptors (Lipinski definition) is 5. The highest BCUT2D eigenvalue weighted by molar-refractivity contribution is 14.0. The molecule has 0 bridgehead atoms. The molecule has 2 amide bonds. The van der Waals surface area contributed by atoms with E-state index in [1.54, 1.807) is 11.0 Å². The number of rotatable bonds is 7. The number of carbonyl (C=O) groups excluding carboxylic acids is 2. The molecule has 3 N–H and O–H groups in total. The highest BCUT2D eigenvalue weighted by Gasteiger charge is 2.34. The van der Waals surface area contributed by atoms with Gasteiger partial charge in [-0.2, -0.15) is 0 Å². The normalized spacial score (nSPS) is 14.4. The summed E-state index contributed by atoms with van der Waals surface area (Å²) in [7, 11) is 0. The summed E-state index contributed by atoms with van der Waals surface area (Å²) < 4.78 is 10.5. The molecule has 10 heteroatoms. The van der Waals surface area contributed by atoms with Crippen LogP contribution in [0.1, 0.15) is 50.2 Å². The first-order chi connectivity index (χ1) is 13.7. The first kappa shape index (κ1) is 26.1. The lowest BCUT2D eigenvalue weighted by molar-refractivity contribution is 0.00700. The van der Waals surface area contributed by atoms with E-state index < -0.39 is 5.60 Å². The zero-order chi connectivity index (χ0) is 21.4. The molecule has 170 valence electrons. The molecular formula is C20H34IN5O4. The van der Waals surface area contributed by atoms with Crippen molar-refractivity contribution in [2.45, 2.75) is 52.7 Å². The van der Waals surface area contributed by atoms with E-state index in [4.69, 9.17) is 9.15 Å². The summed E-state index contributed by atoms with van der Waals surface area (Å²) in [5.74, 6) is 0.843. The van der Waals surface area contributed by atoms with E-state index >= 15 is 0 Å². The first-order valence-corrected chi connectivity index (χ1v) is 10.0. The van der Waals surface area contributed by atoms with Crippen molar-refractivity contribution in [3.63, 3.8) is 0 Å². The molecular weight excluding hydrogens is 501 g/mol. The van der Waals surface area contributed by atoms with Crippen molar-refractivity contribution in [1.29, 1.82) is 0 Å². The maximum absolute atomic E-state index is 12.0. The standard InChI is InChI=1S/C20H33N5O4.HI/c1-6-21-18(24-15-12-25(13-15)19(27)29-20(3,4)5)23-10-7-9-22-17(26)16-14(2)8-11-28-16;/h8,11,15H,6-7,9-10,12-13H2,1-5H3,(H,22,26)(H2,21,23,24);1H. The van der Waals surface area contributed by atoms with E-state index in [0.29, 0.717) is 44.3 Å². The van der Waals surface area contributed by atoms with Gasteiger partial charge in [0.15, 0.2) is 11.7 Å². The van der Waals surface area contributed by atoms with Crippen LogP contribution >= 0.6 is 24.0 Å².